The average molecular weight is 196 g/mol. The lowest BCUT2D eigenvalue weighted by Gasteiger charge is -2.30. The first kappa shape index (κ1) is 9.65. The normalized spacial score (nSPS) is 39.0. The van der Waals surface area contributed by atoms with Crippen molar-refractivity contribution in [3.63, 3.8) is 0 Å². The van der Waals surface area contributed by atoms with Crippen molar-refractivity contribution in [2.75, 3.05) is 6.54 Å². The van der Waals surface area contributed by atoms with E-state index < -0.39 is 0 Å². The quantitative estimate of drug-likeness (QED) is 0.457. The van der Waals surface area contributed by atoms with Crippen LogP contribution in [0.1, 0.15) is 19.3 Å². The second-order valence-electron chi connectivity index (χ2n) is 3.13. The Balaban J connectivity index is 2.31. The molecule has 2 N–H and O–H groups in total. The Bertz CT molecular complexity index is 125. The van der Waals surface area contributed by atoms with Gasteiger partial charge in [0.15, 0.2) is 0 Å². The van der Waals surface area contributed by atoms with Crippen LogP contribution in [0.4, 0.5) is 0 Å². The molecule has 1 aliphatic carbocycles. The van der Waals surface area contributed by atoms with Crippen LogP contribution in [-0.4, -0.2) is 23.0 Å². The standard InChI is InChI=1S/C7H14ClNOS/c8-9-4-5-1-2-6(11)3-7(5)10/h5-7,9-11H,1-4H2/t5-,6+,7+/m0/s1. The van der Waals surface area contributed by atoms with E-state index >= 15 is 0 Å². The number of thiol groups is 1. The molecule has 3 atom stereocenters. The van der Waals surface area contributed by atoms with Crippen molar-refractivity contribution in [2.45, 2.75) is 30.6 Å². The van der Waals surface area contributed by atoms with E-state index in [0.29, 0.717) is 17.7 Å². The third-order valence-electron chi connectivity index (χ3n) is 2.27. The zero-order chi connectivity index (χ0) is 8.27. The number of hydrogen-bond acceptors (Lipinski definition) is 3. The van der Waals surface area contributed by atoms with E-state index in [9.17, 15) is 5.11 Å². The highest BCUT2D eigenvalue weighted by molar-refractivity contribution is 7.80. The molecule has 2 nitrogen and oxygen atoms in total. The van der Waals surface area contributed by atoms with Gasteiger partial charge in [-0.15, -0.1) is 0 Å². The molecular weight excluding hydrogens is 182 g/mol. The van der Waals surface area contributed by atoms with Crippen LogP contribution in [0.3, 0.4) is 0 Å². The first-order valence-corrected chi connectivity index (χ1v) is 4.83. The Morgan fingerprint density at radius 3 is 2.82 bits per heavy atom. The lowest BCUT2D eigenvalue weighted by atomic mass is 9.86. The second-order valence-corrected chi connectivity index (χ2v) is 4.13. The Labute approximate surface area is 77.8 Å². The molecule has 0 amide bonds. The van der Waals surface area contributed by atoms with Gasteiger partial charge >= 0.3 is 0 Å². The summed E-state index contributed by atoms with van der Waals surface area (Å²) >= 11 is 9.67. The first-order chi connectivity index (χ1) is 5.24. The molecule has 0 spiro atoms. The SMILES string of the molecule is O[C@@H]1C[C@H](S)CC[C@H]1CNCl. The molecule has 11 heavy (non-hydrogen) atoms. The molecule has 0 radical (unpaired) electrons. The molecule has 66 valence electrons. The predicted molar refractivity (Wildman–Crippen MR) is 50.0 cm³/mol. The molecule has 0 aromatic carbocycles. The Hall–Kier alpha value is 0.560. The maximum Gasteiger partial charge on any atom is 0.0591 e. The second kappa shape index (κ2) is 4.55. The van der Waals surface area contributed by atoms with E-state index in [2.05, 4.69) is 17.5 Å². The lowest BCUT2D eigenvalue weighted by Crippen LogP contribution is -2.34. The minimum Gasteiger partial charge on any atom is -0.393 e. The van der Waals surface area contributed by atoms with E-state index in [4.69, 9.17) is 11.8 Å². The van der Waals surface area contributed by atoms with E-state index in [1.165, 1.54) is 0 Å². The summed E-state index contributed by atoms with van der Waals surface area (Å²) in [5.74, 6) is 0.316. The Morgan fingerprint density at radius 2 is 2.27 bits per heavy atom. The molecule has 1 saturated carbocycles. The van der Waals surface area contributed by atoms with Gasteiger partial charge in [0.25, 0.3) is 0 Å². The van der Waals surface area contributed by atoms with Gasteiger partial charge in [-0.05, 0) is 37.0 Å². The summed E-state index contributed by atoms with van der Waals surface area (Å²) < 4.78 is 0. The summed E-state index contributed by atoms with van der Waals surface area (Å²) in [6.07, 6.45) is 2.68. The summed E-state index contributed by atoms with van der Waals surface area (Å²) in [7, 11) is 0. The number of nitrogens with one attached hydrogen (secondary N) is 1. The van der Waals surface area contributed by atoms with Gasteiger partial charge in [-0.1, -0.05) is 0 Å². The van der Waals surface area contributed by atoms with Gasteiger partial charge < -0.3 is 5.11 Å². The van der Waals surface area contributed by atoms with Crippen molar-refractivity contribution in [3.8, 4) is 0 Å². The van der Waals surface area contributed by atoms with Crippen molar-refractivity contribution in [1.29, 1.82) is 0 Å². The number of rotatable bonds is 2. The minimum absolute atomic E-state index is 0.225. The van der Waals surface area contributed by atoms with Gasteiger partial charge in [0, 0.05) is 11.8 Å². The molecule has 4 heteroatoms. The summed E-state index contributed by atoms with van der Waals surface area (Å²) in [4.78, 5) is 2.57. The van der Waals surface area contributed by atoms with Gasteiger partial charge in [0.2, 0.25) is 0 Å². The molecule has 1 rings (SSSR count). The molecule has 0 saturated heterocycles. The molecule has 0 aromatic heterocycles. The molecule has 0 aliphatic heterocycles. The number of aliphatic hydroxyl groups is 1. The minimum atomic E-state index is -0.225. The summed E-state index contributed by atoms with van der Waals surface area (Å²) in [6, 6.07) is 0. The maximum absolute atomic E-state index is 9.52. The third-order valence-corrected chi connectivity index (χ3v) is 2.89. The topological polar surface area (TPSA) is 32.3 Å². The van der Waals surface area contributed by atoms with Crippen molar-refractivity contribution in [1.82, 2.24) is 4.84 Å². The van der Waals surface area contributed by atoms with Gasteiger partial charge in [0.1, 0.15) is 0 Å². The van der Waals surface area contributed by atoms with E-state index in [1.807, 2.05) is 0 Å². The monoisotopic (exact) mass is 195 g/mol. The highest BCUT2D eigenvalue weighted by Gasteiger charge is 2.26. The predicted octanol–water partition coefficient (Wildman–Crippen LogP) is 1.19. The van der Waals surface area contributed by atoms with Crippen molar-refractivity contribution < 1.29 is 5.11 Å². The molecular formula is C7H14ClNOS. The Kier molecular flexibility index (Phi) is 3.99. The molecule has 1 fully saturated rings. The fraction of sp³-hybridized carbons (Fsp3) is 1.00. The molecule has 0 heterocycles. The van der Waals surface area contributed by atoms with Crippen LogP contribution < -0.4 is 4.84 Å². The highest BCUT2D eigenvalue weighted by Crippen LogP contribution is 2.27. The highest BCUT2D eigenvalue weighted by atomic mass is 35.5. The van der Waals surface area contributed by atoms with Crippen molar-refractivity contribution in [3.05, 3.63) is 0 Å². The van der Waals surface area contributed by atoms with Crippen molar-refractivity contribution in [2.24, 2.45) is 5.92 Å². The number of aliphatic hydroxyl groups excluding tert-OH is 1. The zero-order valence-corrected chi connectivity index (χ0v) is 7.98. The van der Waals surface area contributed by atoms with Crippen LogP contribution in [0.25, 0.3) is 0 Å². The maximum atomic E-state index is 9.52. The molecule has 0 unspecified atom stereocenters. The summed E-state index contributed by atoms with van der Waals surface area (Å²) in [5, 5.41) is 9.89. The molecule has 0 aromatic rings. The lowest BCUT2D eigenvalue weighted by molar-refractivity contribution is 0.0754. The van der Waals surface area contributed by atoms with Crippen LogP contribution in [0, 0.1) is 5.92 Å². The first-order valence-electron chi connectivity index (χ1n) is 3.93. The van der Waals surface area contributed by atoms with Crippen LogP contribution >= 0.6 is 24.4 Å². The average Bonchev–Trinajstić information content (AvgIpc) is 1.95. The number of hydrogen-bond donors (Lipinski definition) is 3. The van der Waals surface area contributed by atoms with E-state index in [1.54, 1.807) is 0 Å². The van der Waals surface area contributed by atoms with Gasteiger partial charge in [-0.25, -0.2) is 4.84 Å². The van der Waals surface area contributed by atoms with Crippen molar-refractivity contribution >= 4 is 24.4 Å². The van der Waals surface area contributed by atoms with Crippen LogP contribution in [-0.2, 0) is 0 Å². The molecule has 0 bridgehead atoms. The van der Waals surface area contributed by atoms with E-state index in [-0.39, 0.29) is 6.10 Å². The fourth-order valence-electron chi connectivity index (χ4n) is 1.53. The van der Waals surface area contributed by atoms with E-state index in [0.717, 1.165) is 19.3 Å². The Morgan fingerprint density at radius 1 is 1.55 bits per heavy atom. The van der Waals surface area contributed by atoms with Gasteiger partial charge in [-0.3, -0.25) is 0 Å². The van der Waals surface area contributed by atoms with Gasteiger partial charge in [-0.2, -0.15) is 12.6 Å². The third kappa shape index (κ3) is 2.82. The van der Waals surface area contributed by atoms with Crippen LogP contribution in [0.5, 0.6) is 0 Å². The smallest absolute Gasteiger partial charge is 0.0591 e. The summed E-state index contributed by atoms with van der Waals surface area (Å²) in [5.41, 5.74) is 0. The van der Waals surface area contributed by atoms with Crippen LogP contribution in [0.15, 0.2) is 0 Å². The molecule has 1 aliphatic rings. The largest absolute Gasteiger partial charge is 0.393 e. The summed E-state index contributed by atoms with van der Waals surface area (Å²) in [6.45, 7) is 0.698. The number of halogens is 1. The van der Waals surface area contributed by atoms with Crippen LogP contribution in [0.2, 0.25) is 0 Å². The fourth-order valence-corrected chi connectivity index (χ4v) is 2.09. The zero-order valence-electron chi connectivity index (χ0n) is 6.33. The van der Waals surface area contributed by atoms with Gasteiger partial charge in [0.05, 0.1) is 6.10 Å².